The third-order valence-corrected chi connectivity index (χ3v) is 6.34. The Labute approximate surface area is 215 Å². The minimum absolute atomic E-state index is 0.280. The Morgan fingerprint density at radius 2 is 1.61 bits per heavy atom. The summed E-state index contributed by atoms with van der Waals surface area (Å²) in [6.07, 6.45) is 0. The van der Waals surface area contributed by atoms with Gasteiger partial charge in [0.1, 0.15) is 12.4 Å². The SMILES string of the molecule is CCOC(=O)C1=C(c2ccccc2)NC(=S)N[C@H]1c1ccc(OCc2cccc3ccccc23)cc1. The summed E-state index contributed by atoms with van der Waals surface area (Å²) in [5, 5.41) is 9.22. The fourth-order valence-corrected chi connectivity index (χ4v) is 4.63. The Morgan fingerprint density at radius 1 is 0.889 bits per heavy atom. The van der Waals surface area contributed by atoms with Gasteiger partial charge in [-0.1, -0.05) is 84.9 Å². The van der Waals surface area contributed by atoms with Crippen molar-refractivity contribution in [3.05, 3.63) is 119 Å². The Hall–Kier alpha value is -4.16. The first-order valence-corrected chi connectivity index (χ1v) is 12.3. The molecule has 0 bridgehead atoms. The number of benzene rings is 4. The number of hydrogen-bond acceptors (Lipinski definition) is 4. The maximum atomic E-state index is 13.1. The monoisotopic (exact) mass is 494 g/mol. The van der Waals surface area contributed by atoms with Crippen LogP contribution in [-0.4, -0.2) is 17.7 Å². The predicted molar refractivity (Wildman–Crippen MR) is 146 cm³/mol. The van der Waals surface area contributed by atoms with Gasteiger partial charge in [0.05, 0.1) is 23.9 Å². The van der Waals surface area contributed by atoms with Gasteiger partial charge in [-0.3, -0.25) is 0 Å². The molecule has 4 aromatic carbocycles. The van der Waals surface area contributed by atoms with Crippen molar-refractivity contribution in [2.24, 2.45) is 0 Å². The second-order valence-corrected chi connectivity index (χ2v) is 8.81. The number of nitrogens with one attached hydrogen (secondary N) is 2. The van der Waals surface area contributed by atoms with E-state index in [1.165, 1.54) is 10.8 Å². The molecule has 0 unspecified atom stereocenters. The van der Waals surface area contributed by atoms with Gasteiger partial charge in [-0.15, -0.1) is 0 Å². The first-order valence-electron chi connectivity index (χ1n) is 11.9. The molecule has 0 aliphatic carbocycles. The normalized spacial score (nSPS) is 15.2. The molecule has 0 saturated heterocycles. The molecule has 0 radical (unpaired) electrons. The van der Waals surface area contributed by atoms with Crippen LogP contribution in [0.25, 0.3) is 16.5 Å². The van der Waals surface area contributed by atoms with Gasteiger partial charge in [-0.25, -0.2) is 4.79 Å². The minimum atomic E-state index is -0.458. The van der Waals surface area contributed by atoms with Gasteiger partial charge in [-0.2, -0.15) is 0 Å². The summed E-state index contributed by atoms with van der Waals surface area (Å²) in [5.74, 6) is 0.355. The number of fused-ring (bicyclic) bond motifs is 1. The van der Waals surface area contributed by atoms with Crippen LogP contribution in [0.4, 0.5) is 0 Å². The van der Waals surface area contributed by atoms with Crippen molar-refractivity contribution in [2.45, 2.75) is 19.6 Å². The van der Waals surface area contributed by atoms with Crippen LogP contribution in [0.3, 0.4) is 0 Å². The molecule has 0 saturated carbocycles. The minimum Gasteiger partial charge on any atom is -0.489 e. The van der Waals surface area contributed by atoms with Crippen LogP contribution in [0.15, 0.2) is 103 Å². The van der Waals surface area contributed by atoms with Gasteiger partial charge < -0.3 is 20.1 Å². The number of thiocarbonyl (C=S) groups is 1. The molecule has 1 atom stereocenters. The molecule has 0 amide bonds. The summed E-state index contributed by atoms with van der Waals surface area (Å²) in [4.78, 5) is 13.1. The van der Waals surface area contributed by atoms with E-state index in [-0.39, 0.29) is 12.6 Å². The molecule has 1 heterocycles. The van der Waals surface area contributed by atoms with Crippen molar-refractivity contribution in [1.29, 1.82) is 0 Å². The fourth-order valence-electron chi connectivity index (χ4n) is 4.41. The number of carbonyl (C=O) groups excluding carboxylic acids is 1. The van der Waals surface area contributed by atoms with Crippen LogP contribution in [0.1, 0.15) is 29.7 Å². The summed E-state index contributed by atoms with van der Waals surface area (Å²) in [6, 6.07) is 31.4. The Bertz CT molecular complexity index is 1430. The fraction of sp³-hybridized carbons (Fsp3) is 0.133. The van der Waals surface area contributed by atoms with E-state index in [2.05, 4.69) is 34.9 Å². The van der Waals surface area contributed by atoms with Gasteiger partial charge in [0.15, 0.2) is 5.11 Å². The van der Waals surface area contributed by atoms with E-state index in [4.69, 9.17) is 21.7 Å². The second kappa shape index (κ2) is 10.6. The quantitative estimate of drug-likeness (QED) is 0.246. The summed E-state index contributed by atoms with van der Waals surface area (Å²) >= 11 is 5.49. The van der Waals surface area contributed by atoms with Crippen LogP contribution in [0.5, 0.6) is 5.75 Å². The van der Waals surface area contributed by atoms with E-state index < -0.39 is 6.04 Å². The lowest BCUT2D eigenvalue weighted by atomic mass is 9.93. The Balaban J connectivity index is 1.42. The van der Waals surface area contributed by atoms with Gasteiger partial charge in [-0.05, 0) is 58.7 Å². The average Bonchev–Trinajstić information content (AvgIpc) is 2.92. The smallest absolute Gasteiger partial charge is 0.338 e. The largest absolute Gasteiger partial charge is 0.489 e. The lowest BCUT2D eigenvalue weighted by Crippen LogP contribution is -2.45. The molecule has 0 aromatic heterocycles. The molecule has 0 fully saturated rings. The van der Waals surface area contributed by atoms with E-state index in [1.807, 2.05) is 72.8 Å². The van der Waals surface area contributed by atoms with Crippen LogP contribution in [0, 0.1) is 0 Å². The van der Waals surface area contributed by atoms with Crippen LogP contribution in [0.2, 0.25) is 0 Å². The van der Waals surface area contributed by atoms with Crippen molar-refractivity contribution in [2.75, 3.05) is 6.61 Å². The highest BCUT2D eigenvalue weighted by atomic mass is 32.1. The molecule has 1 aliphatic heterocycles. The molecule has 4 aromatic rings. The number of carbonyl (C=O) groups is 1. The topological polar surface area (TPSA) is 59.6 Å². The number of hydrogen-bond donors (Lipinski definition) is 2. The highest BCUT2D eigenvalue weighted by molar-refractivity contribution is 7.80. The predicted octanol–water partition coefficient (Wildman–Crippen LogP) is 5.91. The molecule has 36 heavy (non-hydrogen) atoms. The molecular weight excluding hydrogens is 468 g/mol. The van der Waals surface area contributed by atoms with E-state index in [9.17, 15) is 4.79 Å². The first-order chi connectivity index (χ1) is 17.6. The zero-order chi connectivity index (χ0) is 24.9. The molecule has 180 valence electrons. The maximum absolute atomic E-state index is 13.1. The summed E-state index contributed by atoms with van der Waals surface area (Å²) < 4.78 is 11.5. The van der Waals surface area contributed by atoms with Crippen LogP contribution in [-0.2, 0) is 16.1 Å². The number of rotatable bonds is 7. The van der Waals surface area contributed by atoms with Gasteiger partial charge >= 0.3 is 5.97 Å². The van der Waals surface area contributed by atoms with Crippen molar-refractivity contribution in [3.63, 3.8) is 0 Å². The maximum Gasteiger partial charge on any atom is 0.338 e. The molecule has 5 rings (SSSR count). The Kier molecular flexibility index (Phi) is 6.96. The van der Waals surface area contributed by atoms with E-state index in [0.29, 0.717) is 23.0 Å². The molecular formula is C30H26N2O3S. The van der Waals surface area contributed by atoms with Gasteiger partial charge in [0.2, 0.25) is 0 Å². The van der Waals surface area contributed by atoms with Crippen molar-refractivity contribution in [3.8, 4) is 5.75 Å². The zero-order valence-electron chi connectivity index (χ0n) is 19.9. The summed E-state index contributed by atoms with van der Waals surface area (Å²) in [7, 11) is 0. The van der Waals surface area contributed by atoms with E-state index in [1.54, 1.807) is 6.92 Å². The highest BCUT2D eigenvalue weighted by Crippen LogP contribution is 2.33. The highest BCUT2D eigenvalue weighted by Gasteiger charge is 2.33. The van der Waals surface area contributed by atoms with Gasteiger partial charge in [0, 0.05) is 0 Å². The lowest BCUT2D eigenvalue weighted by Gasteiger charge is -2.31. The Morgan fingerprint density at radius 3 is 2.39 bits per heavy atom. The number of ether oxygens (including phenoxy) is 2. The number of esters is 1. The van der Waals surface area contributed by atoms with Crippen molar-refractivity contribution >= 4 is 39.8 Å². The van der Waals surface area contributed by atoms with E-state index >= 15 is 0 Å². The lowest BCUT2D eigenvalue weighted by molar-refractivity contribution is -0.138. The van der Waals surface area contributed by atoms with Crippen LogP contribution < -0.4 is 15.4 Å². The zero-order valence-corrected chi connectivity index (χ0v) is 20.7. The molecule has 5 nitrogen and oxygen atoms in total. The summed E-state index contributed by atoms with van der Waals surface area (Å²) in [6.45, 7) is 2.54. The van der Waals surface area contributed by atoms with Gasteiger partial charge in [0.25, 0.3) is 0 Å². The molecule has 6 heteroatoms. The standard InChI is InChI=1S/C30H26N2O3S/c1-2-34-29(33)26-27(21-10-4-3-5-11-21)31-30(36)32-28(26)22-15-17-24(18-16-22)35-19-23-13-8-12-20-9-6-7-14-25(20)23/h3-18,28H,2,19H2,1H3,(H2,31,32,36)/t28-/m0/s1. The first kappa shape index (κ1) is 23.6. The molecule has 2 N–H and O–H groups in total. The van der Waals surface area contributed by atoms with Crippen molar-refractivity contribution in [1.82, 2.24) is 10.6 Å². The van der Waals surface area contributed by atoms with Crippen molar-refractivity contribution < 1.29 is 14.3 Å². The van der Waals surface area contributed by atoms with E-state index in [0.717, 1.165) is 22.4 Å². The summed E-state index contributed by atoms with van der Waals surface area (Å²) in [5.41, 5.74) is 4.01. The van der Waals surface area contributed by atoms with Crippen LogP contribution >= 0.6 is 12.2 Å². The third kappa shape index (κ3) is 4.95. The molecule has 1 aliphatic rings. The average molecular weight is 495 g/mol. The third-order valence-electron chi connectivity index (χ3n) is 6.12. The second-order valence-electron chi connectivity index (χ2n) is 8.40. The molecule has 0 spiro atoms.